The number of hydrogen-bond donors (Lipinski definition) is 2. The molecule has 0 heterocycles. The van der Waals surface area contributed by atoms with E-state index >= 15 is 0 Å². The zero-order valence-corrected chi connectivity index (χ0v) is 10.6. The van der Waals surface area contributed by atoms with E-state index in [1.54, 1.807) is 0 Å². The van der Waals surface area contributed by atoms with Crippen molar-refractivity contribution in [2.24, 2.45) is 0 Å². The standard InChI is InChI=1S/C11H23NO3S/c13-9-6-10-16(14,15)12-11-7-4-2-1-3-5-8-11/h11-13H,1-10H2. The van der Waals surface area contributed by atoms with Crippen LogP contribution in [-0.4, -0.2) is 31.9 Å². The number of sulfonamides is 1. The lowest BCUT2D eigenvalue weighted by Gasteiger charge is -2.20. The monoisotopic (exact) mass is 249 g/mol. The van der Waals surface area contributed by atoms with Gasteiger partial charge < -0.3 is 5.11 Å². The normalized spacial score (nSPS) is 20.3. The molecule has 1 rings (SSSR count). The van der Waals surface area contributed by atoms with Crippen LogP contribution in [0, 0.1) is 0 Å². The third-order valence-electron chi connectivity index (χ3n) is 3.02. The Morgan fingerprint density at radius 3 is 2.19 bits per heavy atom. The summed E-state index contributed by atoms with van der Waals surface area (Å²) in [6.45, 7) is -0.0639. The van der Waals surface area contributed by atoms with Gasteiger partial charge in [0.25, 0.3) is 0 Å². The van der Waals surface area contributed by atoms with Crippen LogP contribution in [0.2, 0.25) is 0 Å². The lowest BCUT2D eigenvalue weighted by atomic mass is 9.97. The van der Waals surface area contributed by atoms with Gasteiger partial charge in [0.05, 0.1) is 5.75 Å². The predicted molar refractivity (Wildman–Crippen MR) is 64.7 cm³/mol. The number of hydrogen-bond acceptors (Lipinski definition) is 3. The summed E-state index contributed by atoms with van der Waals surface area (Å²) in [6, 6.07) is 0.115. The molecule has 1 fully saturated rings. The molecule has 0 amide bonds. The Kier molecular flexibility index (Phi) is 6.31. The summed E-state index contributed by atoms with van der Waals surface area (Å²) in [6.07, 6.45) is 8.19. The summed E-state index contributed by atoms with van der Waals surface area (Å²) in [5.41, 5.74) is 0. The lowest BCUT2D eigenvalue weighted by Crippen LogP contribution is -2.36. The second kappa shape index (κ2) is 7.25. The fourth-order valence-corrected chi connectivity index (χ4v) is 3.51. The zero-order chi connectivity index (χ0) is 11.9. The van der Waals surface area contributed by atoms with Crippen LogP contribution >= 0.6 is 0 Å². The van der Waals surface area contributed by atoms with Crippen LogP contribution in [0.4, 0.5) is 0 Å². The first-order valence-corrected chi connectivity index (χ1v) is 7.90. The molecule has 0 aromatic heterocycles. The molecule has 0 spiro atoms. The maximum absolute atomic E-state index is 11.6. The minimum absolute atomic E-state index is 0.0417. The van der Waals surface area contributed by atoms with Crippen molar-refractivity contribution in [3.8, 4) is 0 Å². The lowest BCUT2D eigenvalue weighted by molar-refractivity contribution is 0.295. The van der Waals surface area contributed by atoms with E-state index in [9.17, 15) is 8.42 Å². The molecule has 0 atom stereocenters. The molecule has 0 aliphatic heterocycles. The van der Waals surface area contributed by atoms with Gasteiger partial charge in [-0.3, -0.25) is 0 Å². The largest absolute Gasteiger partial charge is 0.396 e. The number of aliphatic hydroxyl groups excluding tert-OH is 1. The van der Waals surface area contributed by atoms with Gasteiger partial charge in [0, 0.05) is 12.6 Å². The van der Waals surface area contributed by atoms with E-state index in [0.717, 1.165) is 25.7 Å². The zero-order valence-electron chi connectivity index (χ0n) is 9.82. The third-order valence-corrected chi connectivity index (χ3v) is 4.54. The molecule has 0 aromatic carbocycles. The molecule has 0 bridgehead atoms. The fourth-order valence-electron chi connectivity index (χ4n) is 2.14. The molecule has 0 unspecified atom stereocenters. The van der Waals surface area contributed by atoms with Crippen LogP contribution in [0.3, 0.4) is 0 Å². The van der Waals surface area contributed by atoms with Gasteiger partial charge in [0.1, 0.15) is 0 Å². The van der Waals surface area contributed by atoms with Crippen molar-refractivity contribution >= 4 is 10.0 Å². The van der Waals surface area contributed by atoms with Gasteiger partial charge >= 0.3 is 0 Å². The summed E-state index contributed by atoms with van der Waals surface area (Å²) in [5.74, 6) is 0.0417. The number of nitrogens with one attached hydrogen (secondary N) is 1. The first-order valence-electron chi connectivity index (χ1n) is 6.25. The van der Waals surface area contributed by atoms with Crippen molar-refractivity contribution in [3.63, 3.8) is 0 Å². The van der Waals surface area contributed by atoms with E-state index in [2.05, 4.69) is 4.72 Å². The third kappa shape index (κ3) is 5.82. The van der Waals surface area contributed by atoms with E-state index in [4.69, 9.17) is 5.11 Å². The molecular formula is C11H23NO3S. The Balaban J connectivity index is 2.37. The van der Waals surface area contributed by atoms with Crippen molar-refractivity contribution in [1.29, 1.82) is 0 Å². The SMILES string of the molecule is O=S(=O)(CCCO)NC1CCCCCCC1. The molecule has 0 aromatic rings. The van der Waals surface area contributed by atoms with Crippen molar-refractivity contribution in [3.05, 3.63) is 0 Å². The van der Waals surface area contributed by atoms with E-state index in [-0.39, 0.29) is 18.4 Å². The Morgan fingerprint density at radius 1 is 1.06 bits per heavy atom. The van der Waals surface area contributed by atoms with Crippen molar-refractivity contribution in [1.82, 2.24) is 4.72 Å². The maximum Gasteiger partial charge on any atom is 0.211 e. The van der Waals surface area contributed by atoms with E-state index in [1.807, 2.05) is 0 Å². The summed E-state index contributed by atoms with van der Waals surface area (Å²) < 4.78 is 26.0. The van der Waals surface area contributed by atoms with Crippen molar-refractivity contribution < 1.29 is 13.5 Å². The molecule has 96 valence electrons. The summed E-state index contributed by atoms with van der Waals surface area (Å²) >= 11 is 0. The Bertz CT molecular complexity index is 269. The highest BCUT2D eigenvalue weighted by molar-refractivity contribution is 7.89. The molecule has 1 aliphatic rings. The summed E-state index contributed by atoms with van der Waals surface area (Å²) in [4.78, 5) is 0. The topological polar surface area (TPSA) is 66.4 Å². The highest BCUT2D eigenvalue weighted by atomic mass is 32.2. The molecule has 5 heteroatoms. The van der Waals surface area contributed by atoms with Crippen LogP contribution in [-0.2, 0) is 10.0 Å². The first kappa shape index (κ1) is 13.9. The molecule has 16 heavy (non-hydrogen) atoms. The quantitative estimate of drug-likeness (QED) is 0.774. The van der Waals surface area contributed by atoms with Crippen LogP contribution in [0.15, 0.2) is 0 Å². The molecule has 0 radical (unpaired) electrons. The van der Waals surface area contributed by atoms with Gasteiger partial charge in [0.2, 0.25) is 10.0 Å². The average molecular weight is 249 g/mol. The van der Waals surface area contributed by atoms with E-state index < -0.39 is 10.0 Å². The smallest absolute Gasteiger partial charge is 0.211 e. The van der Waals surface area contributed by atoms with Gasteiger partial charge in [0.15, 0.2) is 0 Å². The minimum atomic E-state index is -3.18. The predicted octanol–water partition coefficient (Wildman–Crippen LogP) is 1.40. The van der Waals surface area contributed by atoms with Crippen LogP contribution in [0.5, 0.6) is 0 Å². The van der Waals surface area contributed by atoms with Crippen LogP contribution in [0.1, 0.15) is 51.4 Å². The van der Waals surface area contributed by atoms with Gasteiger partial charge in [-0.05, 0) is 19.3 Å². The molecule has 0 saturated heterocycles. The van der Waals surface area contributed by atoms with Gasteiger partial charge in [-0.15, -0.1) is 0 Å². The van der Waals surface area contributed by atoms with Crippen LogP contribution in [0.25, 0.3) is 0 Å². The second-order valence-corrected chi connectivity index (χ2v) is 6.43. The highest BCUT2D eigenvalue weighted by Crippen LogP contribution is 2.17. The first-order chi connectivity index (χ1) is 7.64. The molecule has 4 nitrogen and oxygen atoms in total. The van der Waals surface area contributed by atoms with Gasteiger partial charge in [-0.2, -0.15) is 0 Å². The molecule has 1 saturated carbocycles. The maximum atomic E-state index is 11.6. The molecular weight excluding hydrogens is 226 g/mol. The highest BCUT2D eigenvalue weighted by Gasteiger charge is 2.18. The fraction of sp³-hybridized carbons (Fsp3) is 1.00. The van der Waals surface area contributed by atoms with Crippen molar-refractivity contribution in [2.75, 3.05) is 12.4 Å². The van der Waals surface area contributed by atoms with Crippen molar-refractivity contribution in [2.45, 2.75) is 57.4 Å². The molecule has 1 aliphatic carbocycles. The summed E-state index contributed by atoms with van der Waals surface area (Å²) in [5, 5.41) is 8.63. The summed E-state index contributed by atoms with van der Waals surface area (Å²) in [7, 11) is -3.18. The Hall–Kier alpha value is -0.130. The van der Waals surface area contributed by atoms with Crippen LogP contribution < -0.4 is 4.72 Å². The minimum Gasteiger partial charge on any atom is -0.396 e. The van der Waals surface area contributed by atoms with Gasteiger partial charge in [-0.25, -0.2) is 13.1 Å². The number of aliphatic hydroxyl groups is 1. The van der Waals surface area contributed by atoms with Gasteiger partial charge in [-0.1, -0.05) is 32.1 Å². The van der Waals surface area contributed by atoms with E-state index in [1.165, 1.54) is 19.3 Å². The second-order valence-electron chi connectivity index (χ2n) is 4.56. The number of rotatable bonds is 5. The Morgan fingerprint density at radius 2 is 1.62 bits per heavy atom. The average Bonchev–Trinajstić information content (AvgIpc) is 2.19. The Labute approximate surface area is 98.5 Å². The molecule has 2 N–H and O–H groups in total. The van der Waals surface area contributed by atoms with E-state index in [0.29, 0.717) is 6.42 Å².